The summed E-state index contributed by atoms with van der Waals surface area (Å²) in [5, 5.41) is 55.5. The molecule has 3 aliphatic rings. The zero-order valence-electron chi connectivity index (χ0n) is 62.2. The lowest BCUT2D eigenvalue weighted by Gasteiger charge is -2.39. The normalized spacial score (nSPS) is 16.7. The van der Waals surface area contributed by atoms with Gasteiger partial charge >= 0.3 is 12.1 Å². The average molecular weight is 1540 g/mol. The number of sulfone groups is 3. The number of anilines is 2. The molecule has 9 aromatic rings. The molecule has 0 bridgehead atoms. The summed E-state index contributed by atoms with van der Waals surface area (Å²) in [5.41, 5.74) is 4.24. The van der Waals surface area contributed by atoms with Gasteiger partial charge in [-0.25, -0.2) is 60.0 Å². The fraction of sp³-hybridized carbons (Fsp3) is 0.493. The molecule has 0 spiro atoms. The lowest BCUT2D eigenvalue weighted by atomic mass is 9.97. The molecule has 1 unspecified atom stereocenters. The van der Waals surface area contributed by atoms with E-state index in [1.165, 1.54) is 33.5 Å². The number of hydrogen-bond acceptors (Lipinski definition) is 22. The minimum Gasteiger partial charge on any atom is -0.465 e. The summed E-state index contributed by atoms with van der Waals surface area (Å²) < 4.78 is 122. The van der Waals surface area contributed by atoms with Crippen molar-refractivity contribution in [1.29, 1.82) is 0 Å². The van der Waals surface area contributed by atoms with Gasteiger partial charge in [0.25, 0.3) is 0 Å². The Morgan fingerprint density at radius 3 is 1.29 bits per heavy atom. The molecule has 12 rings (SSSR count). The highest BCUT2D eigenvalue weighted by atomic mass is 35.5. The Morgan fingerprint density at radius 2 is 0.933 bits per heavy atom. The Balaban J connectivity index is 0.000000168. The number of methoxy groups -OCH3 is 1. The quantitative estimate of drug-likeness (QED) is 0.0435. The summed E-state index contributed by atoms with van der Waals surface area (Å²) in [7, 11) is -9.23. The number of esters is 1. The Morgan fingerprint density at radius 1 is 0.552 bits per heavy atom. The van der Waals surface area contributed by atoms with Crippen LogP contribution >= 0.6 is 11.6 Å². The van der Waals surface area contributed by atoms with Crippen molar-refractivity contribution in [2.24, 2.45) is 17.8 Å². The highest BCUT2D eigenvalue weighted by Crippen LogP contribution is 2.43. The number of fused-ring (bicyclic) bond motifs is 9. The first-order valence-electron chi connectivity index (χ1n) is 34.1. The average Bonchev–Trinajstić information content (AvgIpc) is 1.60. The van der Waals surface area contributed by atoms with Crippen LogP contribution < -0.4 is 15.1 Å². The standard InChI is InChI=1S/2C24H32N4O4S.C17H22N2O4S.C8H8ClF3N2O/c2*1-14(2)22-20-10-16-9-17(13-29)21(33(6,31)32)11-19(16)27(20)7-8-28(22)23-25-12-18(15(3)26-23)24(4,5)30;1-10(2)16-14-8-11-7-12(17(20)23-3)15(24(4,21)22)9-13(11)19(14)6-5-18-16;1-7(2,15)4-3-13-6(9)14-5(4)8(10,11)12/h2*9-12,14,22,29-30H,7-8,13H2,1-6H3;7-10,16,18H,5-6H2,1-4H3;3,15H,1-2H3/t22-;;16-;/m1.1./s1. The maximum absolute atomic E-state index is 12.5. The summed E-state index contributed by atoms with van der Waals surface area (Å²) in [5.74, 6) is 1.46. The van der Waals surface area contributed by atoms with E-state index in [2.05, 4.69) is 102 Å². The molecule has 25 nitrogen and oxygen atoms in total. The SMILES string of the molecule is CC(C)(O)c1cnc(Cl)nc1C(F)(F)F.COC(=O)c1cc2cc3n(c2cc1S(C)(=O)=O)CCN[C@@H]3C(C)C.Cc1nc(N2CCn3c(cc4cc(CO)c(S(C)(=O)=O)cc43)C2C(C)C)ncc1C(C)(C)O.Cc1nc(N2CCn3c(cc4cc(CO)c(S(C)(=O)=O)cc43)[C@H]2C(C)C)ncc1C(C)(C)O. The second-order valence-corrected chi connectivity index (χ2v) is 35.9. The summed E-state index contributed by atoms with van der Waals surface area (Å²) in [6, 6.07) is 16.5. The van der Waals surface area contributed by atoms with E-state index in [0.717, 1.165) is 86.7 Å². The van der Waals surface area contributed by atoms with Crippen LogP contribution in [0.5, 0.6) is 0 Å². The lowest BCUT2D eigenvalue weighted by Crippen LogP contribution is -2.41. The fourth-order valence-corrected chi connectivity index (χ4v) is 17.2. The molecule has 6 aromatic heterocycles. The molecular formula is C73H94ClF3N12O13S3. The Bertz CT molecular complexity index is 4950. The predicted octanol–water partition coefficient (Wildman–Crippen LogP) is 10.7. The van der Waals surface area contributed by atoms with Crippen LogP contribution in [-0.2, 0) is 90.1 Å². The van der Waals surface area contributed by atoms with E-state index in [0.29, 0.717) is 66.2 Å². The zero-order valence-corrected chi connectivity index (χ0v) is 65.4. The topological polar surface area (TPSA) is 341 Å². The van der Waals surface area contributed by atoms with E-state index >= 15 is 0 Å². The van der Waals surface area contributed by atoms with Crippen molar-refractivity contribution in [3.63, 3.8) is 0 Å². The van der Waals surface area contributed by atoms with Gasteiger partial charge in [-0.3, -0.25) is 0 Å². The first-order valence-corrected chi connectivity index (χ1v) is 40.2. The van der Waals surface area contributed by atoms with Crippen LogP contribution in [0.1, 0.15) is 174 Å². The van der Waals surface area contributed by atoms with Crippen molar-refractivity contribution >= 4 is 91.7 Å². The molecule has 9 heterocycles. The second kappa shape index (κ2) is 30.1. The summed E-state index contributed by atoms with van der Waals surface area (Å²) in [6.45, 7) is 29.5. The Labute approximate surface area is 615 Å². The van der Waals surface area contributed by atoms with Gasteiger partial charge in [-0.15, -0.1) is 0 Å². The number of aliphatic hydroxyl groups excluding tert-OH is 2. The van der Waals surface area contributed by atoms with E-state index in [1.807, 2.05) is 19.9 Å². The number of benzene rings is 3. The third kappa shape index (κ3) is 17.2. The molecular weight excluding hydrogens is 1440 g/mol. The van der Waals surface area contributed by atoms with Crippen molar-refractivity contribution in [2.75, 3.05) is 55.3 Å². The molecule has 0 amide bonds. The van der Waals surface area contributed by atoms with Crippen molar-refractivity contribution in [2.45, 2.75) is 186 Å². The molecule has 6 N–H and O–H groups in total. The van der Waals surface area contributed by atoms with Crippen LogP contribution in [0.25, 0.3) is 32.7 Å². The summed E-state index contributed by atoms with van der Waals surface area (Å²) >= 11 is 5.27. The van der Waals surface area contributed by atoms with Gasteiger partial charge in [0.2, 0.25) is 17.2 Å². The molecule has 0 saturated carbocycles. The second-order valence-electron chi connectivity index (χ2n) is 29.6. The molecule has 3 aromatic carbocycles. The van der Waals surface area contributed by atoms with Crippen molar-refractivity contribution in [3.8, 4) is 0 Å². The van der Waals surface area contributed by atoms with Gasteiger partial charge in [0.05, 0.1) is 69.5 Å². The maximum Gasteiger partial charge on any atom is 0.433 e. The number of nitrogens with zero attached hydrogens (tertiary/aromatic N) is 11. The number of hydrogen-bond donors (Lipinski definition) is 6. The van der Waals surface area contributed by atoms with Gasteiger partial charge in [-0.2, -0.15) is 13.2 Å². The van der Waals surface area contributed by atoms with E-state index in [1.54, 1.807) is 76.5 Å². The van der Waals surface area contributed by atoms with E-state index in [-0.39, 0.29) is 63.4 Å². The minimum atomic E-state index is -4.66. The number of aryl methyl sites for hydroxylation is 2. The number of aromatic nitrogens is 9. The van der Waals surface area contributed by atoms with Gasteiger partial charge in [0.1, 0.15) is 0 Å². The number of ether oxygens (including phenoxy) is 1. The summed E-state index contributed by atoms with van der Waals surface area (Å²) in [6.07, 6.45) is 3.06. The predicted molar refractivity (Wildman–Crippen MR) is 395 cm³/mol. The smallest absolute Gasteiger partial charge is 0.433 e. The van der Waals surface area contributed by atoms with Crippen molar-refractivity contribution < 1.29 is 73.5 Å². The lowest BCUT2D eigenvalue weighted by molar-refractivity contribution is -0.144. The van der Waals surface area contributed by atoms with Gasteiger partial charge in [0.15, 0.2) is 35.2 Å². The van der Waals surface area contributed by atoms with Crippen LogP contribution in [0, 0.1) is 31.6 Å². The molecule has 0 aliphatic carbocycles. The monoisotopic (exact) mass is 1530 g/mol. The van der Waals surface area contributed by atoms with Crippen LogP contribution in [-0.4, -0.2) is 146 Å². The molecule has 32 heteroatoms. The van der Waals surface area contributed by atoms with E-state index in [4.69, 9.17) is 26.3 Å². The van der Waals surface area contributed by atoms with Crippen molar-refractivity contribution in [3.05, 3.63) is 146 Å². The molecule has 3 aliphatic heterocycles. The molecule has 570 valence electrons. The highest BCUT2D eigenvalue weighted by Gasteiger charge is 2.41. The number of rotatable bonds is 14. The molecule has 3 atom stereocenters. The van der Waals surface area contributed by atoms with Crippen LogP contribution in [0.2, 0.25) is 5.28 Å². The van der Waals surface area contributed by atoms with Crippen LogP contribution in [0.4, 0.5) is 25.1 Å². The minimum absolute atomic E-state index is 0.0159. The molecule has 105 heavy (non-hydrogen) atoms. The highest BCUT2D eigenvalue weighted by molar-refractivity contribution is 7.91. The molecule has 0 fully saturated rings. The van der Waals surface area contributed by atoms with Gasteiger partial charge < -0.3 is 59.1 Å². The fourth-order valence-electron chi connectivity index (χ4n) is 14.3. The third-order valence-corrected chi connectivity index (χ3v) is 22.7. The number of halogens is 4. The van der Waals surface area contributed by atoms with Gasteiger partial charge in [-0.1, -0.05) is 41.5 Å². The first-order chi connectivity index (χ1) is 48.5. The largest absolute Gasteiger partial charge is 0.465 e. The number of nitrogens with one attached hydrogen (secondary N) is 1. The van der Waals surface area contributed by atoms with E-state index in [9.17, 15) is 68.8 Å². The summed E-state index contributed by atoms with van der Waals surface area (Å²) in [4.78, 5) is 41.9. The zero-order chi connectivity index (χ0) is 78.1. The maximum atomic E-state index is 12.5. The Hall–Kier alpha value is -7.72. The van der Waals surface area contributed by atoms with E-state index < -0.39 is 75.0 Å². The van der Waals surface area contributed by atoms with Gasteiger partial charge in [-0.05, 0) is 150 Å². The van der Waals surface area contributed by atoms with Crippen LogP contribution in [0.3, 0.4) is 0 Å². The first kappa shape index (κ1) is 81.4. The molecule has 0 saturated heterocycles. The van der Waals surface area contributed by atoms with Gasteiger partial charge in [0, 0.05) is 161 Å². The number of carbonyl (C=O) groups excluding carboxylic acids is 1. The molecule has 0 radical (unpaired) electrons. The third-order valence-electron chi connectivity index (χ3n) is 19.0. The number of aliphatic hydroxyl groups is 5. The van der Waals surface area contributed by atoms with Crippen LogP contribution in [0.15, 0.2) is 87.9 Å². The Kier molecular flexibility index (Phi) is 23.4. The number of carbonyl (C=O) groups is 1. The van der Waals surface area contributed by atoms with Crippen molar-refractivity contribution in [1.82, 2.24) is 48.9 Å². The number of alkyl halides is 3.